The highest BCUT2D eigenvalue weighted by Gasteiger charge is 2.13. The predicted octanol–water partition coefficient (Wildman–Crippen LogP) is 8.74. The van der Waals surface area contributed by atoms with E-state index in [1.54, 1.807) is 24.3 Å². The van der Waals surface area contributed by atoms with Crippen molar-refractivity contribution in [3.05, 3.63) is 142 Å². The molecule has 5 aromatic carbocycles. The van der Waals surface area contributed by atoms with Crippen molar-refractivity contribution in [1.29, 1.82) is 0 Å². The normalized spacial score (nSPS) is 11.5. The number of amides is 2. The molecule has 0 saturated carbocycles. The van der Waals surface area contributed by atoms with Crippen molar-refractivity contribution in [2.24, 2.45) is 0 Å². The maximum Gasteiger partial charge on any atom is 0.266 e. The Morgan fingerprint density at radius 1 is 0.804 bits per heavy atom. The average molecular weight is 727 g/mol. The quantitative estimate of drug-likeness (QED) is 0.131. The smallest absolute Gasteiger partial charge is 0.266 e. The molecule has 0 radical (unpaired) electrons. The molecule has 0 atom stereocenters. The minimum atomic E-state index is -4.02. The van der Waals surface area contributed by atoms with Crippen LogP contribution in [-0.2, 0) is 27.8 Å². The van der Waals surface area contributed by atoms with E-state index in [4.69, 9.17) is 20.9 Å². The van der Waals surface area contributed by atoms with Crippen molar-refractivity contribution in [2.45, 2.75) is 40.5 Å². The molecule has 6 rings (SSSR count). The number of carbonyl (C=O) groups excluding carboxylic acids is 2. The maximum atomic E-state index is 12.6. The lowest BCUT2D eigenvalue weighted by molar-refractivity contribution is -0.115. The molecule has 0 fully saturated rings. The number of halogens is 1. The number of fused-ring (bicyclic) bond motifs is 1. The molecule has 0 saturated heterocycles. The molecule has 1 aliphatic rings. The van der Waals surface area contributed by atoms with Crippen LogP contribution >= 0.6 is 11.6 Å². The van der Waals surface area contributed by atoms with Gasteiger partial charge < -0.3 is 15.4 Å². The van der Waals surface area contributed by atoms with Crippen LogP contribution < -0.4 is 15.4 Å². The van der Waals surface area contributed by atoms with Crippen molar-refractivity contribution in [3.63, 3.8) is 0 Å². The summed E-state index contributed by atoms with van der Waals surface area (Å²) in [6, 6.07) is 35.1. The summed E-state index contributed by atoms with van der Waals surface area (Å²) in [5.74, 6) is 0.116. The molecular weight excluding hydrogens is 684 g/mol. The number of hydrogen-bond acceptors (Lipinski definition) is 5. The summed E-state index contributed by atoms with van der Waals surface area (Å²) < 4.78 is 34.8. The van der Waals surface area contributed by atoms with Gasteiger partial charge in [-0.2, -0.15) is 8.42 Å². The fourth-order valence-corrected chi connectivity index (χ4v) is 5.94. The molecule has 5 aromatic rings. The van der Waals surface area contributed by atoms with Crippen molar-refractivity contribution in [1.82, 2.24) is 5.32 Å². The fraction of sp³-hybridized carbons (Fsp3) is 0.220. The number of carbonyl (C=O) groups is 2. The van der Waals surface area contributed by atoms with E-state index >= 15 is 0 Å². The Hall–Kier alpha value is -4.96. The molecule has 0 aliphatic carbocycles. The fourth-order valence-electron chi connectivity index (χ4n) is 5.36. The van der Waals surface area contributed by atoms with Gasteiger partial charge >= 0.3 is 0 Å². The molecular formula is C41H43ClN2O6S. The van der Waals surface area contributed by atoms with E-state index < -0.39 is 15.9 Å². The predicted molar refractivity (Wildman–Crippen MR) is 206 cm³/mol. The summed E-state index contributed by atoms with van der Waals surface area (Å²) in [6.07, 6.45) is 1.29. The molecule has 0 aromatic heterocycles. The van der Waals surface area contributed by atoms with Gasteiger partial charge in [0.05, 0.1) is 18.8 Å². The van der Waals surface area contributed by atoms with Crippen LogP contribution in [0.15, 0.2) is 109 Å². The zero-order valence-electron chi connectivity index (χ0n) is 29.2. The van der Waals surface area contributed by atoms with Crippen molar-refractivity contribution < 1.29 is 27.3 Å². The summed E-state index contributed by atoms with van der Waals surface area (Å²) in [5.41, 5.74) is 10.2. The third-order valence-corrected chi connectivity index (χ3v) is 8.92. The zero-order chi connectivity index (χ0) is 37.0. The Morgan fingerprint density at radius 2 is 1.45 bits per heavy atom. The van der Waals surface area contributed by atoms with Crippen LogP contribution in [0.5, 0.6) is 5.75 Å². The minimum Gasteiger partial charge on any atom is -0.493 e. The first-order valence-electron chi connectivity index (χ1n) is 16.7. The third-order valence-electron chi connectivity index (χ3n) is 7.97. The molecule has 2 amide bonds. The molecule has 3 N–H and O–H groups in total. The van der Waals surface area contributed by atoms with Crippen molar-refractivity contribution >= 4 is 39.2 Å². The van der Waals surface area contributed by atoms with Crippen LogP contribution in [0.3, 0.4) is 0 Å². The van der Waals surface area contributed by atoms with E-state index in [0.29, 0.717) is 12.0 Å². The molecule has 1 aliphatic heterocycles. The number of anilines is 1. The molecule has 266 valence electrons. The standard InChI is InChI=1S/C29H24ClNO2.C10H13NO4S.C2H6/c1-19-16-25(30)9-12-27(19)22-6-10-26(11-7-22)31-29(32)17-20-2-4-21(5-3-20)23-8-13-28-24(18-23)14-15-33-28;1-8-2-4-9(5-3-8)10(12)11-6-7-16(13,14)15;1-2/h2-13,16,18H,14-15,17H2,1H3,(H,31,32);2-5H,6-7H2,1H3,(H,11,12)(H,13,14,15);1-2H3. The van der Waals surface area contributed by atoms with Crippen LogP contribution in [0, 0.1) is 13.8 Å². The average Bonchev–Trinajstić information content (AvgIpc) is 3.58. The number of benzene rings is 5. The van der Waals surface area contributed by atoms with Gasteiger partial charge in [0.15, 0.2) is 0 Å². The Morgan fingerprint density at radius 3 is 2.10 bits per heavy atom. The first-order valence-corrected chi connectivity index (χ1v) is 18.7. The largest absolute Gasteiger partial charge is 0.493 e. The molecule has 1 heterocycles. The number of ether oxygens (including phenoxy) is 1. The van der Waals surface area contributed by atoms with Gasteiger partial charge in [0.2, 0.25) is 5.91 Å². The summed E-state index contributed by atoms with van der Waals surface area (Å²) >= 11 is 6.06. The molecule has 51 heavy (non-hydrogen) atoms. The van der Waals surface area contributed by atoms with E-state index in [1.807, 2.05) is 88.4 Å². The topological polar surface area (TPSA) is 122 Å². The van der Waals surface area contributed by atoms with E-state index in [0.717, 1.165) is 62.9 Å². The van der Waals surface area contributed by atoms with Gasteiger partial charge in [0.25, 0.3) is 16.0 Å². The second-order valence-electron chi connectivity index (χ2n) is 11.8. The van der Waals surface area contributed by atoms with E-state index in [1.165, 1.54) is 11.1 Å². The first kappa shape index (κ1) is 38.8. The van der Waals surface area contributed by atoms with Crippen molar-refractivity contribution in [2.75, 3.05) is 24.2 Å². The number of aryl methyl sites for hydroxylation is 2. The third kappa shape index (κ3) is 11.8. The first-order chi connectivity index (χ1) is 24.4. The van der Waals surface area contributed by atoms with E-state index in [9.17, 15) is 18.0 Å². The summed E-state index contributed by atoms with van der Waals surface area (Å²) in [7, 11) is -4.02. The van der Waals surface area contributed by atoms with Crippen LogP contribution in [-0.4, -0.2) is 43.7 Å². The van der Waals surface area contributed by atoms with Gasteiger partial charge in [-0.05, 0) is 101 Å². The Labute approximate surface area is 305 Å². The van der Waals surface area contributed by atoms with E-state index in [2.05, 4.69) is 34.9 Å². The molecule has 0 bridgehead atoms. The number of rotatable bonds is 9. The highest BCUT2D eigenvalue weighted by Crippen LogP contribution is 2.31. The van der Waals surface area contributed by atoms with Gasteiger partial charge in [-0.1, -0.05) is 91.7 Å². The minimum absolute atomic E-state index is 0.0344. The van der Waals surface area contributed by atoms with Gasteiger partial charge in [-0.3, -0.25) is 14.1 Å². The SMILES string of the molecule is CC.Cc1cc(Cl)ccc1-c1ccc(NC(=O)Cc2ccc(-c3ccc4c(c3)CCO4)cc2)cc1.Cc1ccc(C(=O)NCCS(=O)(=O)O)cc1. The van der Waals surface area contributed by atoms with Crippen molar-refractivity contribution in [3.8, 4) is 28.0 Å². The van der Waals surface area contributed by atoms with Gasteiger partial charge in [0.1, 0.15) is 5.75 Å². The lowest BCUT2D eigenvalue weighted by atomic mass is 10.00. The lowest BCUT2D eigenvalue weighted by Gasteiger charge is -2.10. The Bertz CT molecular complexity index is 2050. The molecule has 8 nitrogen and oxygen atoms in total. The number of hydrogen-bond donors (Lipinski definition) is 3. The van der Waals surface area contributed by atoms with Crippen LogP contribution in [0.2, 0.25) is 5.02 Å². The van der Waals surface area contributed by atoms with E-state index in [-0.39, 0.29) is 18.4 Å². The molecule has 0 unspecified atom stereocenters. The Kier molecular flexibility index (Phi) is 14.0. The molecule has 0 spiro atoms. The summed E-state index contributed by atoms with van der Waals surface area (Å²) in [6.45, 7) is 8.60. The second kappa shape index (κ2) is 18.3. The highest BCUT2D eigenvalue weighted by atomic mass is 35.5. The second-order valence-corrected chi connectivity index (χ2v) is 13.8. The summed E-state index contributed by atoms with van der Waals surface area (Å²) in [4.78, 5) is 24.0. The molecule has 10 heteroatoms. The summed E-state index contributed by atoms with van der Waals surface area (Å²) in [5, 5.41) is 6.12. The van der Waals surface area contributed by atoms with Gasteiger partial charge in [0, 0.05) is 29.2 Å². The number of nitrogens with one attached hydrogen (secondary N) is 2. The Balaban J connectivity index is 0.000000274. The monoisotopic (exact) mass is 726 g/mol. The van der Waals surface area contributed by atoms with Gasteiger partial charge in [-0.15, -0.1) is 0 Å². The van der Waals surface area contributed by atoms with Crippen LogP contribution in [0.1, 0.15) is 46.5 Å². The highest BCUT2D eigenvalue weighted by molar-refractivity contribution is 7.85. The lowest BCUT2D eigenvalue weighted by Crippen LogP contribution is -2.28. The zero-order valence-corrected chi connectivity index (χ0v) is 30.8. The van der Waals surface area contributed by atoms with Crippen LogP contribution in [0.4, 0.5) is 5.69 Å². The maximum absolute atomic E-state index is 12.6. The van der Waals surface area contributed by atoms with Gasteiger partial charge in [-0.25, -0.2) is 0 Å². The van der Waals surface area contributed by atoms with Crippen LogP contribution in [0.25, 0.3) is 22.3 Å².